The van der Waals surface area contributed by atoms with Gasteiger partial charge in [-0.05, 0) is 35.9 Å². The van der Waals surface area contributed by atoms with Crippen molar-refractivity contribution in [2.75, 3.05) is 6.61 Å². The molecule has 1 aliphatic rings. The Morgan fingerprint density at radius 2 is 1.23 bits per heavy atom. The molecule has 5 nitrogen and oxygen atoms in total. The normalized spacial score (nSPS) is 15.6. The van der Waals surface area contributed by atoms with E-state index in [0.29, 0.717) is 36.9 Å². The van der Waals surface area contributed by atoms with E-state index >= 15 is 0 Å². The first kappa shape index (κ1) is 20.3. The third kappa shape index (κ3) is 5.76. The van der Waals surface area contributed by atoms with E-state index in [1.54, 1.807) is 48.5 Å². The van der Waals surface area contributed by atoms with E-state index in [0.717, 1.165) is 5.56 Å². The number of allylic oxidation sites excluding steroid dienone is 1. The molecule has 0 aliphatic heterocycles. The van der Waals surface area contributed by atoms with E-state index in [-0.39, 0.29) is 5.92 Å². The summed E-state index contributed by atoms with van der Waals surface area (Å²) < 4.78 is 36.0. The monoisotopic (exact) mass is 422 g/mol. The number of ether oxygens (including phenoxy) is 1. The van der Waals surface area contributed by atoms with Gasteiger partial charge in [0.05, 0.1) is 13.2 Å². The number of phosphoric acid groups is 1. The predicted molar refractivity (Wildman–Crippen MR) is 115 cm³/mol. The first-order valence-corrected chi connectivity index (χ1v) is 11.3. The van der Waals surface area contributed by atoms with Crippen LogP contribution in [-0.4, -0.2) is 6.61 Å². The number of benzene rings is 3. The van der Waals surface area contributed by atoms with Crippen molar-refractivity contribution >= 4 is 7.82 Å². The highest BCUT2D eigenvalue weighted by Gasteiger charge is 2.36. The number of phosphoric ester groups is 1. The fourth-order valence-electron chi connectivity index (χ4n) is 2.99. The minimum absolute atomic E-state index is 0.214. The molecule has 0 unspecified atom stereocenters. The Balaban J connectivity index is 1.36. The van der Waals surface area contributed by atoms with Crippen LogP contribution in [0.3, 0.4) is 0 Å². The van der Waals surface area contributed by atoms with Crippen LogP contribution in [0.25, 0.3) is 0 Å². The SMILES string of the molecule is O=P(OC1=C[C@H](COCc2ccccc2)C1)(Oc1ccccc1)Oc1ccccc1. The van der Waals surface area contributed by atoms with Gasteiger partial charge in [0.2, 0.25) is 0 Å². The van der Waals surface area contributed by atoms with Crippen molar-refractivity contribution in [3.63, 3.8) is 0 Å². The Hall–Kier alpha value is -3.01. The molecule has 0 aromatic heterocycles. The molecule has 6 heteroatoms. The van der Waals surface area contributed by atoms with Crippen LogP contribution in [0.15, 0.2) is 103 Å². The summed E-state index contributed by atoms with van der Waals surface area (Å²) in [7, 11) is -3.89. The highest BCUT2D eigenvalue weighted by molar-refractivity contribution is 7.49. The summed E-state index contributed by atoms with van der Waals surface area (Å²) in [5.41, 5.74) is 1.13. The molecule has 0 spiro atoms. The zero-order valence-corrected chi connectivity index (χ0v) is 17.3. The van der Waals surface area contributed by atoms with Gasteiger partial charge in [-0.2, -0.15) is 4.57 Å². The van der Waals surface area contributed by atoms with Crippen LogP contribution >= 0.6 is 7.82 Å². The summed E-state index contributed by atoms with van der Waals surface area (Å²) in [6.07, 6.45) is 2.52. The van der Waals surface area contributed by atoms with Gasteiger partial charge in [0, 0.05) is 12.3 Å². The Kier molecular flexibility index (Phi) is 6.53. The second-order valence-corrected chi connectivity index (χ2v) is 8.39. The van der Waals surface area contributed by atoms with E-state index in [1.807, 2.05) is 48.5 Å². The largest absolute Gasteiger partial charge is 0.646 e. The molecule has 154 valence electrons. The lowest BCUT2D eigenvalue weighted by Crippen LogP contribution is -2.19. The summed E-state index contributed by atoms with van der Waals surface area (Å²) in [6.45, 7) is 1.14. The summed E-state index contributed by atoms with van der Waals surface area (Å²) in [5.74, 6) is 1.63. The fourth-order valence-corrected chi connectivity index (χ4v) is 4.28. The number of hydrogen-bond donors (Lipinski definition) is 0. The second-order valence-electron chi connectivity index (χ2n) is 6.95. The Labute approximate surface area is 176 Å². The van der Waals surface area contributed by atoms with Crippen LogP contribution in [0.1, 0.15) is 12.0 Å². The molecule has 0 saturated carbocycles. The van der Waals surface area contributed by atoms with Crippen LogP contribution in [0.2, 0.25) is 0 Å². The first-order valence-electron chi connectivity index (χ1n) is 9.80. The summed E-state index contributed by atoms with van der Waals surface area (Å²) in [5, 5.41) is 0. The molecule has 0 N–H and O–H groups in total. The summed E-state index contributed by atoms with van der Waals surface area (Å²) in [6, 6.07) is 27.7. The molecule has 30 heavy (non-hydrogen) atoms. The molecule has 0 bridgehead atoms. The van der Waals surface area contributed by atoms with Crippen molar-refractivity contribution < 1.29 is 22.9 Å². The number of rotatable bonds is 10. The average molecular weight is 422 g/mol. The molecule has 4 rings (SSSR count). The van der Waals surface area contributed by atoms with Gasteiger partial charge >= 0.3 is 7.82 Å². The van der Waals surface area contributed by atoms with Crippen LogP contribution in [0.5, 0.6) is 11.5 Å². The van der Waals surface area contributed by atoms with E-state index in [9.17, 15) is 4.57 Å². The third-order valence-electron chi connectivity index (χ3n) is 4.48. The van der Waals surface area contributed by atoms with E-state index in [2.05, 4.69) is 0 Å². The third-order valence-corrected chi connectivity index (χ3v) is 5.81. The average Bonchev–Trinajstić information content (AvgIpc) is 2.74. The maximum atomic E-state index is 13.3. The van der Waals surface area contributed by atoms with Gasteiger partial charge in [-0.15, -0.1) is 0 Å². The predicted octanol–water partition coefficient (Wildman–Crippen LogP) is 6.39. The molecule has 0 amide bonds. The molecule has 1 atom stereocenters. The zero-order chi connectivity index (χ0) is 20.7. The molecule has 1 aliphatic carbocycles. The van der Waals surface area contributed by atoms with Crippen molar-refractivity contribution in [3.8, 4) is 11.5 Å². The van der Waals surface area contributed by atoms with Gasteiger partial charge in [-0.1, -0.05) is 66.7 Å². The standard InChI is InChI=1S/C24H23O5P/c25-30(27-22-12-6-2-7-13-22,28-23-14-8-3-9-15-23)29-24-16-21(17-24)19-26-18-20-10-4-1-5-11-20/h1-16,21H,17-19H2/t21-/m0/s1. The van der Waals surface area contributed by atoms with Gasteiger partial charge in [-0.25, -0.2) is 0 Å². The van der Waals surface area contributed by atoms with Crippen LogP contribution < -0.4 is 9.05 Å². The van der Waals surface area contributed by atoms with Crippen molar-refractivity contribution in [1.82, 2.24) is 0 Å². The molecule has 0 saturated heterocycles. The summed E-state index contributed by atoms with van der Waals surface area (Å²) >= 11 is 0. The molecule has 3 aromatic carbocycles. The van der Waals surface area contributed by atoms with Crippen molar-refractivity contribution in [2.24, 2.45) is 5.92 Å². The smallest absolute Gasteiger partial charge is 0.391 e. The van der Waals surface area contributed by atoms with Crippen LogP contribution in [-0.2, 0) is 20.4 Å². The second kappa shape index (κ2) is 9.66. The first-order chi connectivity index (χ1) is 14.7. The molecule has 0 fully saturated rings. The topological polar surface area (TPSA) is 54.0 Å². The Bertz CT molecular complexity index is 960. The van der Waals surface area contributed by atoms with Gasteiger partial charge in [-0.3, -0.25) is 0 Å². The molecule has 3 aromatic rings. The van der Waals surface area contributed by atoms with E-state index in [4.69, 9.17) is 18.3 Å². The van der Waals surface area contributed by atoms with Gasteiger partial charge in [0.15, 0.2) is 0 Å². The summed E-state index contributed by atoms with van der Waals surface area (Å²) in [4.78, 5) is 0. The van der Waals surface area contributed by atoms with Gasteiger partial charge in [0.1, 0.15) is 17.3 Å². The maximum absolute atomic E-state index is 13.3. The Morgan fingerprint density at radius 3 is 1.77 bits per heavy atom. The lowest BCUT2D eigenvalue weighted by atomic mass is 9.94. The molecular weight excluding hydrogens is 399 g/mol. The Morgan fingerprint density at radius 1 is 0.733 bits per heavy atom. The lowest BCUT2D eigenvalue weighted by Gasteiger charge is -2.28. The highest BCUT2D eigenvalue weighted by atomic mass is 31.2. The molecule has 0 heterocycles. The fraction of sp³-hybridized carbons (Fsp3) is 0.167. The molecular formula is C24H23O5P. The van der Waals surface area contributed by atoms with Gasteiger partial charge in [0.25, 0.3) is 0 Å². The van der Waals surface area contributed by atoms with E-state index < -0.39 is 7.82 Å². The molecule has 0 radical (unpaired) electrons. The van der Waals surface area contributed by atoms with Crippen molar-refractivity contribution in [3.05, 3.63) is 108 Å². The van der Waals surface area contributed by atoms with Gasteiger partial charge < -0.3 is 18.3 Å². The van der Waals surface area contributed by atoms with E-state index in [1.165, 1.54) is 0 Å². The number of hydrogen-bond acceptors (Lipinski definition) is 5. The van der Waals surface area contributed by atoms with Crippen LogP contribution in [0.4, 0.5) is 0 Å². The minimum Gasteiger partial charge on any atom is -0.391 e. The van der Waals surface area contributed by atoms with Crippen molar-refractivity contribution in [1.29, 1.82) is 0 Å². The van der Waals surface area contributed by atoms with Crippen molar-refractivity contribution in [2.45, 2.75) is 13.0 Å². The number of para-hydroxylation sites is 2. The highest BCUT2D eigenvalue weighted by Crippen LogP contribution is 2.53. The zero-order valence-electron chi connectivity index (χ0n) is 16.4. The van der Waals surface area contributed by atoms with Crippen LogP contribution in [0, 0.1) is 5.92 Å². The quantitative estimate of drug-likeness (QED) is 0.354. The maximum Gasteiger partial charge on any atom is 0.646 e. The lowest BCUT2D eigenvalue weighted by molar-refractivity contribution is 0.0868. The minimum atomic E-state index is -3.89.